The van der Waals surface area contributed by atoms with E-state index in [1.807, 2.05) is 31.2 Å². The van der Waals surface area contributed by atoms with Gasteiger partial charge in [0, 0.05) is 17.3 Å². The Morgan fingerprint density at radius 2 is 1.78 bits per heavy atom. The van der Waals surface area contributed by atoms with Crippen molar-refractivity contribution in [3.8, 4) is 0 Å². The van der Waals surface area contributed by atoms with E-state index in [0.717, 1.165) is 17.7 Å². The maximum atomic E-state index is 12.8. The number of para-hydroxylation sites is 1. The summed E-state index contributed by atoms with van der Waals surface area (Å²) >= 11 is 0. The van der Waals surface area contributed by atoms with Gasteiger partial charge in [-0.2, -0.15) is 0 Å². The van der Waals surface area contributed by atoms with Crippen molar-refractivity contribution in [1.29, 1.82) is 0 Å². The molecular formula is C17H18N2O3S. The van der Waals surface area contributed by atoms with Gasteiger partial charge in [-0.15, -0.1) is 0 Å². The number of hydrogen-bond donors (Lipinski definition) is 1. The Hall–Kier alpha value is -2.18. The molecular weight excluding hydrogens is 312 g/mol. The highest BCUT2D eigenvalue weighted by Crippen LogP contribution is 2.33. The SMILES string of the molecule is CNS(=O)(=O)c1ccc(C(=O)N2c3ccccc3CC2C)cc1. The second kappa shape index (κ2) is 5.79. The van der Waals surface area contributed by atoms with E-state index in [9.17, 15) is 13.2 Å². The number of carbonyl (C=O) groups excluding carboxylic acids is 1. The molecule has 1 aliphatic rings. The lowest BCUT2D eigenvalue weighted by atomic mass is 10.1. The van der Waals surface area contributed by atoms with Gasteiger partial charge in [0.05, 0.1) is 4.90 Å². The quantitative estimate of drug-likeness (QED) is 0.938. The molecule has 23 heavy (non-hydrogen) atoms. The first-order valence-corrected chi connectivity index (χ1v) is 8.87. The molecule has 6 heteroatoms. The third-order valence-electron chi connectivity index (χ3n) is 4.11. The summed E-state index contributed by atoms with van der Waals surface area (Å²) in [6, 6.07) is 14.0. The van der Waals surface area contributed by atoms with Crippen LogP contribution < -0.4 is 9.62 Å². The van der Waals surface area contributed by atoms with Crippen molar-refractivity contribution >= 4 is 21.6 Å². The summed E-state index contributed by atoms with van der Waals surface area (Å²) in [4.78, 5) is 14.7. The highest BCUT2D eigenvalue weighted by Gasteiger charge is 2.31. The molecule has 1 N–H and O–H groups in total. The van der Waals surface area contributed by atoms with Crippen LogP contribution in [0.1, 0.15) is 22.8 Å². The van der Waals surface area contributed by atoms with Gasteiger partial charge >= 0.3 is 0 Å². The van der Waals surface area contributed by atoms with Gasteiger partial charge in [0.25, 0.3) is 5.91 Å². The molecule has 120 valence electrons. The van der Waals surface area contributed by atoms with Crippen LogP contribution in [0.4, 0.5) is 5.69 Å². The number of hydrogen-bond acceptors (Lipinski definition) is 3. The maximum absolute atomic E-state index is 12.8. The Kier molecular flexibility index (Phi) is 3.95. The summed E-state index contributed by atoms with van der Waals surface area (Å²) < 4.78 is 25.8. The van der Waals surface area contributed by atoms with Crippen molar-refractivity contribution in [2.45, 2.75) is 24.3 Å². The minimum absolute atomic E-state index is 0.0839. The predicted molar refractivity (Wildman–Crippen MR) is 89.1 cm³/mol. The summed E-state index contributed by atoms with van der Waals surface area (Å²) in [5.74, 6) is -0.115. The van der Waals surface area contributed by atoms with Crippen molar-refractivity contribution in [2.75, 3.05) is 11.9 Å². The topological polar surface area (TPSA) is 66.5 Å². The molecule has 1 heterocycles. The van der Waals surface area contributed by atoms with Crippen LogP contribution in [-0.2, 0) is 16.4 Å². The monoisotopic (exact) mass is 330 g/mol. The number of sulfonamides is 1. The van der Waals surface area contributed by atoms with Crippen molar-refractivity contribution in [3.05, 3.63) is 59.7 Å². The molecule has 0 aliphatic carbocycles. The van der Waals surface area contributed by atoms with E-state index in [0.29, 0.717) is 5.56 Å². The van der Waals surface area contributed by atoms with E-state index in [1.54, 1.807) is 17.0 Å². The molecule has 0 fully saturated rings. The molecule has 0 saturated heterocycles. The number of nitrogens with one attached hydrogen (secondary N) is 1. The molecule has 0 radical (unpaired) electrons. The van der Waals surface area contributed by atoms with E-state index in [4.69, 9.17) is 0 Å². The minimum Gasteiger partial charge on any atom is -0.305 e. The lowest BCUT2D eigenvalue weighted by Gasteiger charge is -2.22. The normalized spacial score (nSPS) is 17.1. The molecule has 1 amide bonds. The zero-order valence-electron chi connectivity index (χ0n) is 13.0. The molecule has 0 bridgehead atoms. The van der Waals surface area contributed by atoms with Crippen molar-refractivity contribution in [1.82, 2.24) is 4.72 Å². The smallest absolute Gasteiger partial charge is 0.258 e. The van der Waals surface area contributed by atoms with E-state index < -0.39 is 10.0 Å². The molecule has 2 aromatic carbocycles. The Morgan fingerprint density at radius 3 is 2.43 bits per heavy atom. The summed E-state index contributed by atoms with van der Waals surface area (Å²) in [5.41, 5.74) is 2.56. The Labute approximate surface area is 136 Å². The molecule has 0 saturated carbocycles. The van der Waals surface area contributed by atoms with Crippen LogP contribution in [-0.4, -0.2) is 27.4 Å². The molecule has 3 rings (SSSR count). The Bertz CT molecular complexity index is 844. The highest BCUT2D eigenvalue weighted by atomic mass is 32.2. The van der Waals surface area contributed by atoms with Crippen LogP contribution in [0, 0.1) is 0 Å². The second-order valence-corrected chi connectivity index (χ2v) is 7.48. The average Bonchev–Trinajstić information content (AvgIpc) is 2.90. The van der Waals surface area contributed by atoms with Crippen LogP contribution in [0.15, 0.2) is 53.4 Å². The summed E-state index contributed by atoms with van der Waals surface area (Å²) in [5, 5.41) is 0. The largest absolute Gasteiger partial charge is 0.305 e. The zero-order chi connectivity index (χ0) is 16.6. The van der Waals surface area contributed by atoms with E-state index in [2.05, 4.69) is 4.72 Å². The predicted octanol–water partition coefficient (Wildman–Crippen LogP) is 2.19. The number of fused-ring (bicyclic) bond motifs is 1. The summed E-state index contributed by atoms with van der Waals surface area (Å²) in [7, 11) is -2.14. The molecule has 2 aromatic rings. The third-order valence-corrected chi connectivity index (χ3v) is 5.54. The fourth-order valence-corrected chi connectivity index (χ4v) is 3.64. The zero-order valence-corrected chi connectivity index (χ0v) is 13.8. The van der Waals surface area contributed by atoms with E-state index in [-0.39, 0.29) is 16.8 Å². The van der Waals surface area contributed by atoms with Gasteiger partial charge in [-0.3, -0.25) is 4.79 Å². The third kappa shape index (κ3) is 2.75. The first-order chi connectivity index (χ1) is 10.9. The Balaban J connectivity index is 1.92. The van der Waals surface area contributed by atoms with Gasteiger partial charge in [0.15, 0.2) is 0 Å². The van der Waals surface area contributed by atoms with Crippen molar-refractivity contribution < 1.29 is 13.2 Å². The number of rotatable bonds is 3. The van der Waals surface area contributed by atoms with E-state index in [1.165, 1.54) is 19.2 Å². The molecule has 0 aromatic heterocycles. The number of anilines is 1. The van der Waals surface area contributed by atoms with Crippen LogP contribution in [0.3, 0.4) is 0 Å². The number of nitrogens with zero attached hydrogens (tertiary/aromatic N) is 1. The minimum atomic E-state index is -3.49. The fourth-order valence-electron chi connectivity index (χ4n) is 2.91. The number of benzene rings is 2. The van der Waals surface area contributed by atoms with Gasteiger partial charge in [0.2, 0.25) is 10.0 Å². The number of amides is 1. The molecule has 1 atom stereocenters. The van der Waals surface area contributed by atoms with Gasteiger partial charge in [0.1, 0.15) is 0 Å². The molecule has 5 nitrogen and oxygen atoms in total. The van der Waals surface area contributed by atoms with Crippen molar-refractivity contribution in [3.63, 3.8) is 0 Å². The first-order valence-electron chi connectivity index (χ1n) is 7.39. The van der Waals surface area contributed by atoms with Gasteiger partial charge in [-0.25, -0.2) is 13.1 Å². The molecule has 1 unspecified atom stereocenters. The first kappa shape index (κ1) is 15.7. The lowest BCUT2D eigenvalue weighted by Crippen LogP contribution is -2.35. The fraction of sp³-hybridized carbons (Fsp3) is 0.235. The highest BCUT2D eigenvalue weighted by molar-refractivity contribution is 7.89. The van der Waals surface area contributed by atoms with Gasteiger partial charge in [-0.05, 0) is 56.3 Å². The van der Waals surface area contributed by atoms with Gasteiger partial charge < -0.3 is 4.90 Å². The number of carbonyl (C=O) groups is 1. The average molecular weight is 330 g/mol. The Morgan fingerprint density at radius 1 is 1.13 bits per heavy atom. The van der Waals surface area contributed by atoms with Gasteiger partial charge in [-0.1, -0.05) is 18.2 Å². The second-order valence-electron chi connectivity index (χ2n) is 5.59. The summed E-state index contributed by atoms with van der Waals surface area (Å²) in [6.07, 6.45) is 0.828. The van der Waals surface area contributed by atoms with Crippen LogP contribution >= 0.6 is 0 Å². The standard InChI is InChI=1S/C17H18N2O3S/c1-12-11-14-5-3-4-6-16(14)19(12)17(20)13-7-9-15(10-8-13)23(21,22)18-2/h3-10,12,18H,11H2,1-2H3. The van der Waals surface area contributed by atoms with Crippen LogP contribution in [0.5, 0.6) is 0 Å². The van der Waals surface area contributed by atoms with E-state index >= 15 is 0 Å². The molecule has 1 aliphatic heterocycles. The molecule has 0 spiro atoms. The maximum Gasteiger partial charge on any atom is 0.258 e. The lowest BCUT2D eigenvalue weighted by molar-refractivity contribution is 0.0981. The summed E-state index contributed by atoms with van der Waals surface area (Å²) in [6.45, 7) is 2.01. The van der Waals surface area contributed by atoms with Crippen LogP contribution in [0.25, 0.3) is 0 Å². The van der Waals surface area contributed by atoms with Crippen LogP contribution in [0.2, 0.25) is 0 Å². The van der Waals surface area contributed by atoms with Crippen molar-refractivity contribution in [2.24, 2.45) is 0 Å².